The first-order valence-electron chi connectivity index (χ1n) is 12.7. The Kier molecular flexibility index (Phi) is 8.16. The number of benzene rings is 2. The van der Waals surface area contributed by atoms with Gasteiger partial charge < -0.3 is 14.8 Å². The summed E-state index contributed by atoms with van der Waals surface area (Å²) in [5.41, 5.74) is 4.98. The average Bonchev–Trinajstić information content (AvgIpc) is 3.20. The zero-order valence-corrected chi connectivity index (χ0v) is 22.0. The summed E-state index contributed by atoms with van der Waals surface area (Å²) >= 11 is 1.39. The van der Waals surface area contributed by atoms with Gasteiger partial charge >= 0.3 is 0 Å². The summed E-state index contributed by atoms with van der Waals surface area (Å²) in [6.45, 7) is 8.71. The number of fused-ring (bicyclic) bond motifs is 1. The fraction of sp³-hybridized carbons (Fsp3) is 0.464. The molecule has 7 heteroatoms. The van der Waals surface area contributed by atoms with Crippen LogP contribution in [0.25, 0.3) is 11.0 Å². The molecule has 1 aliphatic heterocycles. The Morgan fingerprint density at radius 1 is 1.00 bits per heavy atom. The van der Waals surface area contributed by atoms with E-state index in [2.05, 4.69) is 45.1 Å². The Labute approximate surface area is 212 Å². The van der Waals surface area contributed by atoms with Crippen molar-refractivity contribution in [2.75, 3.05) is 11.1 Å². The topological polar surface area (TPSA) is 67.2 Å². The molecule has 186 valence electrons. The number of nitrogens with one attached hydrogen (secondary N) is 1. The minimum absolute atomic E-state index is 0.0613. The van der Waals surface area contributed by atoms with Crippen LogP contribution in [0.1, 0.15) is 58.1 Å². The van der Waals surface area contributed by atoms with E-state index in [0.29, 0.717) is 5.16 Å². The molecule has 2 atom stereocenters. The van der Waals surface area contributed by atoms with E-state index in [1.54, 1.807) is 0 Å². The van der Waals surface area contributed by atoms with Gasteiger partial charge in [-0.2, -0.15) is 0 Å². The number of hydrogen-bond donors (Lipinski definition) is 1. The van der Waals surface area contributed by atoms with Gasteiger partial charge in [0.2, 0.25) is 11.8 Å². The lowest BCUT2D eigenvalue weighted by Gasteiger charge is -2.39. The molecule has 3 aromatic rings. The van der Waals surface area contributed by atoms with Crippen molar-refractivity contribution in [2.45, 2.75) is 83.6 Å². The number of imidazole rings is 1. The van der Waals surface area contributed by atoms with Gasteiger partial charge in [0.15, 0.2) is 5.16 Å². The van der Waals surface area contributed by atoms with Gasteiger partial charge in [0.05, 0.1) is 16.8 Å². The van der Waals surface area contributed by atoms with Gasteiger partial charge in [0.1, 0.15) is 6.54 Å². The van der Waals surface area contributed by atoms with Gasteiger partial charge in [0.25, 0.3) is 0 Å². The third kappa shape index (κ3) is 5.56. The summed E-state index contributed by atoms with van der Waals surface area (Å²) < 4.78 is 1.97. The highest BCUT2D eigenvalue weighted by Gasteiger charge is 2.29. The lowest BCUT2D eigenvalue weighted by molar-refractivity contribution is -0.138. The van der Waals surface area contributed by atoms with E-state index in [1.165, 1.54) is 11.8 Å². The van der Waals surface area contributed by atoms with Crippen molar-refractivity contribution >= 4 is 40.3 Å². The Bertz CT molecular complexity index is 1170. The fourth-order valence-corrected chi connectivity index (χ4v) is 5.97. The zero-order chi connectivity index (χ0) is 24.9. The van der Waals surface area contributed by atoms with Gasteiger partial charge in [-0.15, -0.1) is 0 Å². The summed E-state index contributed by atoms with van der Waals surface area (Å²) in [7, 11) is 0. The van der Waals surface area contributed by atoms with Crippen LogP contribution in [0.15, 0.2) is 47.6 Å². The summed E-state index contributed by atoms with van der Waals surface area (Å²) in [6.07, 6.45) is 4.98. The van der Waals surface area contributed by atoms with Crippen LogP contribution in [0.5, 0.6) is 0 Å². The van der Waals surface area contributed by atoms with Crippen LogP contribution in [0.3, 0.4) is 0 Å². The summed E-state index contributed by atoms with van der Waals surface area (Å²) in [6, 6.07) is 14.5. The molecule has 4 rings (SSSR count). The molecule has 1 fully saturated rings. The number of rotatable bonds is 8. The van der Waals surface area contributed by atoms with Crippen molar-refractivity contribution in [1.82, 2.24) is 14.5 Å². The third-order valence-electron chi connectivity index (χ3n) is 6.99. The number of amides is 2. The highest BCUT2D eigenvalue weighted by atomic mass is 32.2. The molecular formula is C28H36N4O2S. The molecule has 6 nitrogen and oxygen atoms in total. The molecule has 0 radical (unpaired) electrons. The van der Waals surface area contributed by atoms with Crippen LogP contribution in [0, 0.1) is 0 Å². The van der Waals surface area contributed by atoms with E-state index in [-0.39, 0.29) is 36.2 Å². The van der Waals surface area contributed by atoms with Gasteiger partial charge in [-0.1, -0.05) is 55.9 Å². The van der Waals surface area contributed by atoms with Crippen LogP contribution >= 0.6 is 11.8 Å². The van der Waals surface area contributed by atoms with Crippen LogP contribution < -0.4 is 5.32 Å². The number of aromatic nitrogens is 2. The largest absolute Gasteiger partial charge is 0.336 e. The molecule has 1 saturated heterocycles. The van der Waals surface area contributed by atoms with Gasteiger partial charge in [-0.25, -0.2) is 4.98 Å². The Morgan fingerprint density at radius 2 is 1.66 bits per heavy atom. The maximum Gasteiger partial charge on any atom is 0.243 e. The number of para-hydroxylation sites is 3. The van der Waals surface area contributed by atoms with Crippen molar-refractivity contribution in [2.24, 2.45) is 0 Å². The van der Waals surface area contributed by atoms with Gasteiger partial charge in [-0.05, 0) is 69.2 Å². The van der Waals surface area contributed by atoms with Crippen molar-refractivity contribution in [3.05, 3.63) is 53.6 Å². The Hall–Kier alpha value is -2.80. The number of piperidine rings is 1. The highest BCUT2D eigenvalue weighted by Crippen LogP contribution is 2.28. The predicted molar refractivity (Wildman–Crippen MR) is 144 cm³/mol. The second-order valence-electron chi connectivity index (χ2n) is 9.39. The predicted octanol–water partition coefficient (Wildman–Crippen LogP) is 5.68. The number of thioether (sulfide) groups is 1. The molecule has 0 bridgehead atoms. The van der Waals surface area contributed by atoms with E-state index in [1.807, 2.05) is 39.8 Å². The third-order valence-corrected chi connectivity index (χ3v) is 7.97. The van der Waals surface area contributed by atoms with E-state index in [0.717, 1.165) is 60.0 Å². The minimum Gasteiger partial charge on any atom is -0.336 e. The molecule has 1 aliphatic rings. The van der Waals surface area contributed by atoms with Crippen molar-refractivity contribution < 1.29 is 9.59 Å². The number of nitrogens with zero attached hydrogens (tertiary/aromatic N) is 3. The fourth-order valence-electron chi connectivity index (χ4n) is 5.15. The van der Waals surface area contributed by atoms with E-state index < -0.39 is 0 Å². The molecule has 0 saturated carbocycles. The van der Waals surface area contributed by atoms with Crippen LogP contribution in [0.4, 0.5) is 5.69 Å². The second kappa shape index (κ2) is 11.3. The monoisotopic (exact) mass is 492 g/mol. The van der Waals surface area contributed by atoms with Crippen molar-refractivity contribution in [3.63, 3.8) is 0 Å². The molecule has 2 heterocycles. The SMILES string of the molecule is CCc1cccc(CC)c1NC(=O)CSc1nc2ccccc2n1CC(=O)N1[C@H](C)CCC[C@H]1C. The van der Waals surface area contributed by atoms with E-state index in [9.17, 15) is 9.59 Å². The summed E-state index contributed by atoms with van der Waals surface area (Å²) in [4.78, 5) is 33.2. The molecule has 1 aromatic heterocycles. The molecule has 0 spiro atoms. The van der Waals surface area contributed by atoms with E-state index >= 15 is 0 Å². The number of carbonyl (C=O) groups excluding carboxylic acids is 2. The molecular weight excluding hydrogens is 456 g/mol. The first-order chi connectivity index (χ1) is 16.9. The molecule has 35 heavy (non-hydrogen) atoms. The lowest BCUT2D eigenvalue weighted by Crippen LogP contribution is -2.48. The second-order valence-corrected chi connectivity index (χ2v) is 10.3. The maximum atomic E-state index is 13.4. The summed E-state index contributed by atoms with van der Waals surface area (Å²) in [5, 5.41) is 3.84. The molecule has 0 unspecified atom stereocenters. The first kappa shape index (κ1) is 25.3. The standard InChI is InChI=1S/C28H36N4O2S/c1-5-21-13-10-14-22(6-2)27(21)30-25(33)18-35-28-29-23-15-7-8-16-24(23)31(28)17-26(34)32-19(3)11-9-12-20(32)4/h7-8,10,13-16,19-20H,5-6,9,11-12,17-18H2,1-4H3,(H,30,33)/t19-,20-/m1/s1. The Morgan fingerprint density at radius 3 is 2.31 bits per heavy atom. The molecule has 2 amide bonds. The quantitative estimate of drug-likeness (QED) is 0.411. The normalized spacial score (nSPS) is 18.1. The van der Waals surface area contributed by atoms with Crippen LogP contribution in [-0.4, -0.2) is 44.1 Å². The first-order valence-corrected chi connectivity index (χ1v) is 13.7. The van der Waals surface area contributed by atoms with Gasteiger partial charge in [0, 0.05) is 17.8 Å². The Balaban J connectivity index is 1.53. The number of carbonyl (C=O) groups is 2. The average molecular weight is 493 g/mol. The zero-order valence-electron chi connectivity index (χ0n) is 21.2. The van der Waals surface area contributed by atoms with Crippen molar-refractivity contribution in [1.29, 1.82) is 0 Å². The maximum absolute atomic E-state index is 13.4. The van der Waals surface area contributed by atoms with Crippen LogP contribution in [-0.2, 0) is 29.0 Å². The molecule has 0 aliphatic carbocycles. The number of hydrogen-bond acceptors (Lipinski definition) is 4. The number of anilines is 1. The highest BCUT2D eigenvalue weighted by molar-refractivity contribution is 7.99. The molecule has 2 aromatic carbocycles. The van der Waals surface area contributed by atoms with Crippen LogP contribution in [0.2, 0.25) is 0 Å². The minimum atomic E-state index is -0.0613. The number of aryl methyl sites for hydroxylation is 2. The van der Waals surface area contributed by atoms with E-state index in [4.69, 9.17) is 4.98 Å². The number of likely N-dealkylation sites (tertiary alicyclic amines) is 1. The lowest BCUT2D eigenvalue weighted by atomic mass is 9.97. The molecule has 1 N–H and O–H groups in total. The van der Waals surface area contributed by atoms with Crippen molar-refractivity contribution in [3.8, 4) is 0 Å². The smallest absolute Gasteiger partial charge is 0.243 e. The summed E-state index contributed by atoms with van der Waals surface area (Å²) in [5.74, 6) is 0.285. The van der Waals surface area contributed by atoms with Gasteiger partial charge in [-0.3, -0.25) is 9.59 Å².